The lowest BCUT2D eigenvalue weighted by molar-refractivity contribution is 0.0696. The molecule has 0 radical (unpaired) electrons. The first-order valence-electron chi connectivity index (χ1n) is 5.02. The Bertz CT molecular complexity index is 519. The highest BCUT2D eigenvalue weighted by Gasteiger charge is 2.08. The molecule has 1 N–H and O–H groups in total. The summed E-state index contributed by atoms with van der Waals surface area (Å²) >= 11 is 0. The molecular formula is C12H11NO4. The van der Waals surface area contributed by atoms with Crippen molar-refractivity contribution in [2.75, 3.05) is 0 Å². The van der Waals surface area contributed by atoms with Crippen LogP contribution in [0.25, 0.3) is 0 Å². The van der Waals surface area contributed by atoms with Crippen LogP contribution in [0.4, 0.5) is 0 Å². The van der Waals surface area contributed by atoms with E-state index >= 15 is 0 Å². The van der Waals surface area contributed by atoms with Crippen LogP contribution in [0.1, 0.15) is 21.8 Å². The van der Waals surface area contributed by atoms with E-state index in [9.17, 15) is 4.79 Å². The monoisotopic (exact) mass is 233 g/mol. The van der Waals surface area contributed by atoms with E-state index in [2.05, 4.69) is 4.98 Å². The standard InChI is InChI=1S/C12H11NO4/c1-8-5-9(12(14)15)6-11(13-8)17-7-10-3-2-4-16-10/h2-6H,7H2,1H3,(H,14,15). The van der Waals surface area contributed by atoms with Crippen molar-refractivity contribution < 1.29 is 19.1 Å². The normalized spacial score (nSPS) is 10.2. The zero-order chi connectivity index (χ0) is 12.3. The Morgan fingerprint density at radius 1 is 1.53 bits per heavy atom. The highest BCUT2D eigenvalue weighted by molar-refractivity contribution is 5.87. The van der Waals surface area contributed by atoms with Crippen LogP contribution in [0.2, 0.25) is 0 Å². The first kappa shape index (κ1) is 11.2. The molecule has 2 heterocycles. The Kier molecular flexibility index (Phi) is 3.09. The van der Waals surface area contributed by atoms with E-state index in [0.717, 1.165) is 0 Å². The van der Waals surface area contributed by atoms with Gasteiger partial charge in [-0.2, -0.15) is 0 Å². The molecule has 5 heteroatoms. The van der Waals surface area contributed by atoms with Gasteiger partial charge in [0.15, 0.2) is 0 Å². The van der Waals surface area contributed by atoms with Gasteiger partial charge >= 0.3 is 5.97 Å². The second kappa shape index (κ2) is 4.69. The van der Waals surface area contributed by atoms with Gasteiger partial charge in [-0.15, -0.1) is 0 Å². The quantitative estimate of drug-likeness (QED) is 0.876. The number of pyridine rings is 1. The molecule has 88 valence electrons. The van der Waals surface area contributed by atoms with Gasteiger partial charge in [-0.3, -0.25) is 0 Å². The molecule has 0 unspecified atom stereocenters. The zero-order valence-corrected chi connectivity index (χ0v) is 9.21. The summed E-state index contributed by atoms with van der Waals surface area (Å²) in [4.78, 5) is 14.9. The number of ether oxygens (including phenoxy) is 1. The van der Waals surface area contributed by atoms with Crippen LogP contribution in [0.15, 0.2) is 34.9 Å². The second-order valence-electron chi connectivity index (χ2n) is 3.51. The molecule has 2 aromatic heterocycles. The summed E-state index contributed by atoms with van der Waals surface area (Å²) in [6, 6.07) is 6.40. The van der Waals surface area contributed by atoms with Crippen LogP contribution in [-0.2, 0) is 6.61 Å². The Hall–Kier alpha value is -2.30. The number of hydrogen-bond acceptors (Lipinski definition) is 4. The van der Waals surface area contributed by atoms with Crippen LogP contribution in [0.5, 0.6) is 5.88 Å². The van der Waals surface area contributed by atoms with E-state index in [1.165, 1.54) is 12.1 Å². The number of nitrogens with zero attached hydrogens (tertiary/aromatic N) is 1. The SMILES string of the molecule is Cc1cc(C(=O)O)cc(OCc2ccco2)n1. The summed E-state index contributed by atoms with van der Waals surface area (Å²) in [6.45, 7) is 1.94. The number of carbonyl (C=O) groups is 1. The Labute approximate surface area is 97.7 Å². The Morgan fingerprint density at radius 2 is 2.35 bits per heavy atom. The predicted molar refractivity (Wildman–Crippen MR) is 59.0 cm³/mol. The number of aryl methyl sites for hydroxylation is 1. The molecule has 0 atom stereocenters. The molecule has 0 saturated heterocycles. The maximum atomic E-state index is 10.8. The molecule has 17 heavy (non-hydrogen) atoms. The van der Waals surface area contributed by atoms with E-state index in [0.29, 0.717) is 11.5 Å². The van der Waals surface area contributed by atoms with Gasteiger partial charge in [-0.1, -0.05) is 0 Å². The van der Waals surface area contributed by atoms with E-state index in [-0.39, 0.29) is 18.1 Å². The third-order valence-electron chi connectivity index (χ3n) is 2.12. The third kappa shape index (κ3) is 2.84. The highest BCUT2D eigenvalue weighted by Crippen LogP contribution is 2.14. The molecule has 0 bridgehead atoms. The molecular weight excluding hydrogens is 222 g/mol. The smallest absolute Gasteiger partial charge is 0.335 e. The number of furan rings is 1. The summed E-state index contributed by atoms with van der Waals surface area (Å²) in [7, 11) is 0. The van der Waals surface area contributed by atoms with Crippen molar-refractivity contribution in [3.8, 4) is 5.88 Å². The van der Waals surface area contributed by atoms with Gasteiger partial charge in [0.2, 0.25) is 5.88 Å². The summed E-state index contributed by atoms with van der Waals surface area (Å²) in [5, 5.41) is 8.88. The van der Waals surface area contributed by atoms with E-state index in [1.807, 2.05) is 0 Å². The van der Waals surface area contributed by atoms with Crippen molar-refractivity contribution in [3.63, 3.8) is 0 Å². The van der Waals surface area contributed by atoms with Crippen LogP contribution >= 0.6 is 0 Å². The molecule has 0 aliphatic carbocycles. The average Bonchev–Trinajstić information content (AvgIpc) is 2.78. The van der Waals surface area contributed by atoms with Crippen molar-refractivity contribution >= 4 is 5.97 Å². The lowest BCUT2D eigenvalue weighted by Crippen LogP contribution is -2.02. The average molecular weight is 233 g/mol. The number of carboxylic acid groups (broad SMARTS) is 1. The largest absolute Gasteiger partial charge is 0.478 e. The lowest BCUT2D eigenvalue weighted by Gasteiger charge is -2.05. The number of hydrogen-bond donors (Lipinski definition) is 1. The van der Waals surface area contributed by atoms with Gasteiger partial charge in [0, 0.05) is 11.8 Å². The zero-order valence-electron chi connectivity index (χ0n) is 9.21. The first-order valence-corrected chi connectivity index (χ1v) is 5.02. The summed E-state index contributed by atoms with van der Waals surface area (Å²) in [5.74, 6) is -0.0673. The summed E-state index contributed by atoms with van der Waals surface area (Å²) in [5.41, 5.74) is 0.756. The lowest BCUT2D eigenvalue weighted by atomic mass is 10.2. The van der Waals surface area contributed by atoms with Gasteiger partial charge in [-0.05, 0) is 25.1 Å². The van der Waals surface area contributed by atoms with Gasteiger partial charge in [0.25, 0.3) is 0 Å². The fourth-order valence-corrected chi connectivity index (χ4v) is 1.38. The Balaban J connectivity index is 2.13. The molecule has 0 spiro atoms. The number of aromatic carboxylic acids is 1. The molecule has 0 amide bonds. The molecule has 5 nitrogen and oxygen atoms in total. The predicted octanol–water partition coefficient (Wildman–Crippen LogP) is 2.26. The van der Waals surface area contributed by atoms with Crippen LogP contribution in [-0.4, -0.2) is 16.1 Å². The summed E-state index contributed by atoms with van der Waals surface area (Å²) < 4.78 is 10.4. The second-order valence-corrected chi connectivity index (χ2v) is 3.51. The van der Waals surface area contributed by atoms with Gasteiger partial charge in [0.05, 0.1) is 11.8 Å². The van der Waals surface area contributed by atoms with Crippen LogP contribution in [0.3, 0.4) is 0 Å². The van der Waals surface area contributed by atoms with Gasteiger partial charge in [-0.25, -0.2) is 9.78 Å². The third-order valence-corrected chi connectivity index (χ3v) is 2.12. The number of aromatic nitrogens is 1. The number of carboxylic acids is 1. The molecule has 0 saturated carbocycles. The van der Waals surface area contributed by atoms with E-state index in [1.54, 1.807) is 25.3 Å². The van der Waals surface area contributed by atoms with Crippen LogP contribution in [0, 0.1) is 6.92 Å². The topological polar surface area (TPSA) is 72.6 Å². The minimum atomic E-state index is -1.00. The minimum Gasteiger partial charge on any atom is -0.478 e. The molecule has 0 aliphatic rings. The Morgan fingerprint density at radius 3 is 3.00 bits per heavy atom. The molecule has 2 rings (SSSR count). The van der Waals surface area contributed by atoms with E-state index < -0.39 is 5.97 Å². The molecule has 2 aromatic rings. The van der Waals surface area contributed by atoms with Crippen molar-refractivity contribution in [2.24, 2.45) is 0 Å². The van der Waals surface area contributed by atoms with Crippen LogP contribution < -0.4 is 4.74 Å². The number of rotatable bonds is 4. The van der Waals surface area contributed by atoms with Gasteiger partial charge < -0.3 is 14.3 Å². The fraction of sp³-hybridized carbons (Fsp3) is 0.167. The van der Waals surface area contributed by atoms with Crippen molar-refractivity contribution in [2.45, 2.75) is 13.5 Å². The van der Waals surface area contributed by atoms with E-state index in [4.69, 9.17) is 14.3 Å². The maximum absolute atomic E-state index is 10.8. The fourth-order valence-electron chi connectivity index (χ4n) is 1.38. The molecule has 0 fully saturated rings. The van der Waals surface area contributed by atoms with Crippen molar-refractivity contribution in [1.29, 1.82) is 0 Å². The molecule has 0 aromatic carbocycles. The highest BCUT2D eigenvalue weighted by atomic mass is 16.5. The summed E-state index contributed by atoms with van der Waals surface area (Å²) in [6.07, 6.45) is 1.55. The maximum Gasteiger partial charge on any atom is 0.335 e. The van der Waals surface area contributed by atoms with Crippen molar-refractivity contribution in [3.05, 3.63) is 47.5 Å². The van der Waals surface area contributed by atoms with Gasteiger partial charge in [0.1, 0.15) is 12.4 Å². The van der Waals surface area contributed by atoms with Crippen molar-refractivity contribution in [1.82, 2.24) is 4.98 Å². The molecule has 0 aliphatic heterocycles. The minimum absolute atomic E-state index is 0.159. The first-order chi connectivity index (χ1) is 8.15.